The molecular formula is C12H17N3O3. The average molecular weight is 251 g/mol. The molecule has 2 heterocycles. The number of nitrogens with two attached hydrogens (primary N) is 1. The lowest BCUT2D eigenvalue weighted by molar-refractivity contribution is 0.166. The second-order valence-corrected chi connectivity index (χ2v) is 4.42. The van der Waals surface area contributed by atoms with Crippen LogP contribution in [0.5, 0.6) is 17.2 Å². The van der Waals surface area contributed by atoms with Gasteiger partial charge in [-0.3, -0.25) is 0 Å². The Hall–Kier alpha value is -1.66. The van der Waals surface area contributed by atoms with Crippen LogP contribution in [0.3, 0.4) is 0 Å². The van der Waals surface area contributed by atoms with Crippen LogP contribution >= 0.6 is 0 Å². The zero-order chi connectivity index (χ0) is 12.5. The van der Waals surface area contributed by atoms with Gasteiger partial charge in [-0.15, -0.1) is 0 Å². The number of phenolic OH excluding ortho intramolecular Hbond substituents is 1. The summed E-state index contributed by atoms with van der Waals surface area (Å²) in [7, 11) is 0. The third-order valence-electron chi connectivity index (χ3n) is 3.24. The Morgan fingerprint density at radius 1 is 1.28 bits per heavy atom. The number of nitrogens with one attached hydrogen (secondary N) is 1. The fourth-order valence-electron chi connectivity index (χ4n) is 2.36. The molecule has 1 fully saturated rings. The molecule has 18 heavy (non-hydrogen) atoms. The van der Waals surface area contributed by atoms with E-state index in [2.05, 4.69) is 10.2 Å². The van der Waals surface area contributed by atoms with Gasteiger partial charge in [0, 0.05) is 19.6 Å². The molecule has 6 nitrogen and oxygen atoms in total. The molecule has 0 amide bonds. The van der Waals surface area contributed by atoms with E-state index in [1.54, 1.807) is 6.07 Å². The molecule has 0 aliphatic carbocycles. The molecule has 0 spiro atoms. The maximum atomic E-state index is 9.78. The molecule has 1 aromatic rings. The highest BCUT2D eigenvalue weighted by Crippen LogP contribution is 2.45. The first-order valence-electron chi connectivity index (χ1n) is 6.12. The van der Waals surface area contributed by atoms with Gasteiger partial charge in [-0.2, -0.15) is 0 Å². The van der Waals surface area contributed by atoms with E-state index in [0.717, 1.165) is 25.3 Å². The quantitative estimate of drug-likeness (QED) is 0.644. The zero-order valence-corrected chi connectivity index (χ0v) is 10.1. The summed E-state index contributed by atoms with van der Waals surface area (Å²) in [5.74, 6) is 1.13. The summed E-state index contributed by atoms with van der Waals surface area (Å²) in [5.41, 5.74) is 6.97. The Morgan fingerprint density at radius 3 is 2.83 bits per heavy atom. The van der Waals surface area contributed by atoms with E-state index in [1.165, 1.54) is 0 Å². The van der Waals surface area contributed by atoms with Gasteiger partial charge in [-0.05, 0) is 12.1 Å². The van der Waals surface area contributed by atoms with Crippen molar-refractivity contribution < 1.29 is 14.6 Å². The molecule has 0 bridgehead atoms. The number of hydrogen-bond donors (Lipinski definition) is 3. The van der Waals surface area contributed by atoms with Crippen molar-refractivity contribution in [2.75, 3.05) is 37.7 Å². The highest BCUT2D eigenvalue weighted by Gasteiger charge is 2.27. The van der Waals surface area contributed by atoms with E-state index in [0.29, 0.717) is 24.7 Å². The number of rotatable bonds is 1. The molecule has 4 N–H and O–H groups in total. The molecular weight excluding hydrogens is 234 g/mol. The second kappa shape index (κ2) is 4.55. The van der Waals surface area contributed by atoms with Crippen LogP contribution in [-0.4, -0.2) is 44.1 Å². The Labute approximate surface area is 105 Å². The van der Waals surface area contributed by atoms with Crippen molar-refractivity contribution >= 4 is 5.69 Å². The van der Waals surface area contributed by atoms with Gasteiger partial charge in [0.1, 0.15) is 13.2 Å². The highest BCUT2D eigenvalue weighted by molar-refractivity contribution is 5.69. The summed E-state index contributed by atoms with van der Waals surface area (Å²) in [6, 6.07) is 3.45. The van der Waals surface area contributed by atoms with E-state index in [-0.39, 0.29) is 11.9 Å². The minimum atomic E-state index is -0.0991. The summed E-state index contributed by atoms with van der Waals surface area (Å²) in [6.45, 7) is 3.37. The zero-order valence-electron chi connectivity index (χ0n) is 10.1. The van der Waals surface area contributed by atoms with Crippen LogP contribution < -0.4 is 25.4 Å². The molecule has 1 atom stereocenters. The lowest BCUT2D eigenvalue weighted by atomic mass is 10.2. The van der Waals surface area contributed by atoms with Crippen molar-refractivity contribution in [3.63, 3.8) is 0 Å². The number of nitrogens with zero attached hydrogens (tertiary/aromatic N) is 1. The Balaban J connectivity index is 2.01. The third kappa shape index (κ3) is 1.83. The van der Waals surface area contributed by atoms with Crippen molar-refractivity contribution in [1.29, 1.82) is 0 Å². The van der Waals surface area contributed by atoms with Crippen LogP contribution in [-0.2, 0) is 0 Å². The standard InChI is InChI=1S/C12H17N3O3/c13-10-7-14-3-4-15(10)8-1-2-9(16)12-11(8)17-5-6-18-12/h1-2,10,14,16H,3-7,13H2. The van der Waals surface area contributed by atoms with Crippen molar-refractivity contribution in [1.82, 2.24) is 5.32 Å². The summed E-state index contributed by atoms with van der Waals surface area (Å²) in [4.78, 5) is 2.07. The van der Waals surface area contributed by atoms with Crippen LogP contribution in [0.4, 0.5) is 5.69 Å². The third-order valence-corrected chi connectivity index (χ3v) is 3.24. The van der Waals surface area contributed by atoms with E-state index in [4.69, 9.17) is 15.2 Å². The minimum absolute atomic E-state index is 0.0991. The molecule has 1 unspecified atom stereocenters. The molecule has 6 heteroatoms. The average Bonchev–Trinajstić information content (AvgIpc) is 2.41. The molecule has 1 aromatic carbocycles. The molecule has 0 saturated carbocycles. The number of anilines is 1. The van der Waals surface area contributed by atoms with Crippen LogP contribution in [0.2, 0.25) is 0 Å². The summed E-state index contributed by atoms with van der Waals surface area (Å²) in [5, 5.41) is 13.0. The Bertz CT molecular complexity index is 452. The molecule has 1 saturated heterocycles. The van der Waals surface area contributed by atoms with Gasteiger partial charge in [-0.25, -0.2) is 0 Å². The number of benzene rings is 1. The minimum Gasteiger partial charge on any atom is -0.504 e. The monoisotopic (exact) mass is 251 g/mol. The molecule has 98 valence electrons. The van der Waals surface area contributed by atoms with Crippen LogP contribution in [0.25, 0.3) is 0 Å². The summed E-state index contributed by atoms with van der Waals surface area (Å²) < 4.78 is 11.1. The Kier molecular flexibility index (Phi) is 2.89. The normalized spacial score (nSPS) is 22.9. The van der Waals surface area contributed by atoms with Gasteiger partial charge in [0.25, 0.3) is 0 Å². The van der Waals surface area contributed by atoms with Crippen LogP contribution in [0.1, 0.15) is 0 Å². The number of aromatic hydroxyl groups is 1. The van der Waals surface area contributed by atoms with Gasteiger partial charge in [0.2, 0.25) is 5.75 Å². The van der Waals surface area contributed by atoms with Crippen LogP contribution in [0, 0.1) is 0 Å². The number of hydrogen-bond acceptors (Lipinski definition) is 6. The molecule has 2 aliphatic heterocycles. The van der Waals surface area contributed by atoms with Crippen molar-refractivity contribution in [3.05, 3.63) is 12.1 Å². The van der Waals surface area contributed by atoms with Crippen molar-refractivity contribution in [2.45, 2.75) is 6.17 Å². The number of fused-ring (bicyclic) bond motifs is 1. The first-order chi connectivity index (χ1) is 8.77. The predicted octanol–water partition coefficient (Wildman–Crippen LogP) is -0.142. The molecule has 0 aromatic heterocycles. The van der Waals surface area contributed by atoms with E-state index in [1.807, 2.05) is 6.07 Å². The van der Waals surface area contributed by atoms with Gasteiger partial charge in [0.15, 0.2) is 11.5 Å². The fourth-order valence-corrected chi connectivity index (χ4v) is 2.36. The number of phenols is 1. The maximum Gasteiger partial charge on any atom is 0.205 e. The lowest BCUT2D eigenvalue weighted by Gasteiger charge is -2.37. The second-order valence-electron chi connectivity index (χ2n) is 4.42. The lowest BCUT2D eigenvalue weighted by Crippen LogP contribution is -2.56. The van der Waals surface area contributed by atoms with Crippen molar-refractivity contribution in [2.24, 2.45) is 5.73 Å². The predicted molar refractivity (Wildman–Crippen MR) is 67.3 cm³/mol. The largest absolute Gasteiger partial charge is 0.504 e. The van der Waals surface area contributed by atoms with Gasteiger partial charge in [0.05, 0.1) is 11.9 Å². The first-order valence-corrected chi connectivity index (χ1v) is 6.12. The number of piperazine rings is 1. The van der Waals surface area contributed by atoms with Crippen molar-refractivity contribution in [3.8, 4) is 17.2 Å². The first kappa shape index (κ1) is 11.4. The van der Waals surface area contributed by atoms with Crippen LogP contribution in [0.15, 0.2) is 12.1 Å². The van der Waals surface area contributed by atoms with E-state index in [9.17, 15) is 5.11 Å². The summed E-state index contributed by atoms with van der Waals surface area (Å²) >= 11 is 0. The molecule has 2 aliphatic rings. The highest BCUT2D eigenvalue weighted by atomic mass is 16.6. The van der Waals surface area contributed by atoms with Gasteiger partial charge in [-0.1, -0.05) is 0 Å². The topological polar surface area (TPSA) is 80.0 Å². The van der Waals surface area contributed by atoms with E-state index < -0.39 is 0 Å². The molecule has 3 rings (SSSR count). The SMILES string of the molecule is NC1CNCCN1c1ccc(O)c2c1OCCO2. The summed E-state index contributed by atoms with van der Waals surface area (Å²) in [6.07, 6.45) is -0.0991. The Morgan fingerprint density at radius 2 is 2.06 bits per heavy atom. The fraction of sp³-hybridized carbons (Fsp3) is 0.500. The smallest absolute Gasteiger partial charge is 0.205 e. The molecule has 0 radical (unpaired) electrons. The van der Waals surface area contributed by atoms with Gasteiger partial charge < -0.3 is 30.5 Å². The maximum absolute atomic E-state index is 9.78. The van der Waals surface area contributed by atoms with E-state index >= 15 is 0 Å². The number of ether oxygens (including phenoxy) is 2. The van der Waals surface area contributed by atoms with Gasteiger partial charge >= 0.3 is 0 Å².